The molecule has 0 radical (unpaired) electrons. The molecule has 0 bridgehead atoms. The molecule has 0 unspecified atom stereocenters. The van der Waals surface area contributed by atoms with Crippen molar-refractivity contribution in [3.63, 3.8) is 0 Å². The number of amides is 1. The molecule has 3 saturated heterocycles. The zero-order chi connectivity index (χ0) is 19.5. The highest BCUT2D eigenvalue weighted by atomic mass is 19.1. The summed E-state index contributed by atoms with van der Waals surface area (Å²) in [5.74, 6) is 1.72. The van der Waals surface area contributed by atoms with Gasteiger partial charge in [0, 0.05) is 32.8 Å². The Morgan fingerprint density at radius 2 is 1.79 bits per heavy atom. The molecule has 7 heteroatoms. The van der Waals surface area contributed by atoms with Crippen LogP contribution in [0, 0.1) is 17.7 Å². The van der Waals surface area contributed by atoms with Gasteiger partial charge in [0.25, 0.3) is 5.91 Å². The third kappa shape index (κ3) is 4.00. The number of anilines is 1. The number of hydrogen-bond acceptors (Lipinski definition) is 5. The van der Waals surface area contributed by atoms with E-state index in [9.17, 15) is 9.18 Å². The highest BCUT2D eigenvalue weighted by molar-refractivity contribution is 5.81. The molecular formula is C21H31FN4O2. The van der Waals surface area contributed by atoms with Crippen molar-refractivity contribution in [1.82, 2.24) is 14.9 Å². The van der Waals surface area contributed by atoms with E-state index >= 15 is 0 Å². The van der Waals surface area contributed by atoms with E-state index in [-0.39, 0.29) is 17.8 Å². The minimum atomic E-state index is -0.260. The third-order valence-electron chi connectivity index (χ3n) is 6.74. The van der Waals surface area contributed by atoms with Crippen molar-refractivity contribution < 1.29 is 13.9 Å². The van der Waals surface area contributed by atoms with Crippen molar-refractivity contribution in [2.75, 3.05) is 37.7 Å². The fourth-order valence-electron chi connectivity index (χ4n) is 5.01. The summed E-state index contributed by atoms with van der Waals surface area (Å²) in [5, 5.41) is 0. The first-order chi connectivity index (χ1) is 13.7. The van der Waals surface area contributed by atoms with Gasteiger partial charge in [0.15, 0.2) is 11.6 Å². The Morgan fingerprint density at radius 1 is 1.11 bits per heavy atom. The van der Waals surface area contributed by atoms with Crippen LogP contribution in [0.25, 0.3) is 0 Å². The minimum absolute atomic E-state index is 0.191. The Morgan fingerprint density at radius 3 is 2.39 bits per heavy atom. The SMILES string of the molecule is CCc1ncnc(N2CCC(C3CCN(C(=O)[C@@H]4CCCO4)CC3)CC2)c1F. The Kier molecular flexibility index (Phi) is 6.09. The molecule has 1 aromatic heterocycles. The first-order valence-corrected chi connectivity index (χ1v) is 10.8. The Labute approximate surface area is 166 Å². The number of likely N-dealkylation sites (tertiary alicyclic amines) is 1. The zero-order valence-corrected chi connectivity index (χ0v) is 16.8. The van der Waals surface area contributed by atoms with Crippen molar-refractivity contribution in [3.8, 4) is 0 Å². The van der Waals surface area contributed by atoms with Gasteiger partial charge in [0.1, 0.15) is 12.4 Å². The Bertz CT molecular complexity index is 679. The molecule has 6 nitrogen and oxygen atoms in total. The van der Waals surface area contributed by atoms with E-state index in [0.717, 1.165) is 71.3 Å². The van der Waals surface area contributed by atoms with Gasteiger partial charge in [-0.25, -0.2) is 14.4 Å². The van der Waals surface area contributed by atoms with Crippen LogP contribution in [0.4, 0.5) is 10.2 Å². The van der Waals surface area contributed by atoms with E-state index in [0.29, 0.717) is 29.8 Å². The molecule has 1 amide bonds. The summed E-state index contributed by atoms with van der Waals surface area (Å²) >= 11 is 0. The summed E-state index contributed by atoms with van der Waals surface area (Å²) in [6, 6.07) is 0. The summed E-state index contributed by atoms with van der Waals surface area (Å²) in [6.45, 7) is 6.02. The maximum atomic E-state index is 14.5. The number of halogens is 1. The number of ether oxygens (including phenoxy) is 1. The van der Waals surface area contributed by atoms with E-state index in [1.807, 2.05) is 11.8 Å². The topological polar surface area (TPSA) is 58.6 Å². The summed E-state index contributed by atoms with van der Waals surface area (Å²) in [5.41, 5.74) is 0.496. The smallest absolute Gasteiger partial charge is 0.251 e. The average Bonchev–Trinajstić information content (AvgIpc) is 3.29. The molecule has 0 N–H and O–H groups in total. The fourth-order valence-corrected chi connectivity index (χ4v) is 5.01. The van der Waals surface area contributed by atoms with E-state index in [1.54, 1.807) is 0 Å². The number of aryl methyl sites for hydroxylation is 1. The highest BCUT2D eigenvalue weighted by Gasteiger charge is 2.34. The molecule has 0 aromatic carbocycles. The lowest BCUT2D eigenvalue weighted by molar-refractivity contribution is -0.142. The number of piperidine rings is 2. The summed E-state index contributed by atoms with van der Waals surface area (Å²) in [4.78, 5) is 24.8. The van der Waals surface area contributed by atoms with Gasteiger partial charge >= 0.3 is 0 Å². The van der Waals surface area contributed by atoms with Crippen LogP contribution in [0.2, 0.25) is 0 Å². The molecular weight excluding hydrogens is 359 g/mol. The van der Waals surface area contributed by atoms with Crippen LogP contribution in [-0.2, 0) is 16.0 Å². The number of hydrogen-bond donors (Lipinski definition) is 0. The predicted octanol–water partition coefficient (Wildman–Crippen LogP) is 2.81. The van der Waals surface area contributed by atoms with Crippen LogP contribution in [0.5, 0.6) is 0 Å². The van der Waals surface area contributed by atoms with Crippen LogP contribution in [0.3, 0.4) is 0 Å². The number of carbonyl (C=O) groups excluding carboxylic acids is 1. The lowest BCUT2D eigenvalue weighted by Gasteiger charge is -2.41. The lowest BCUT2D eigenvalue weighted by atomic mass is 9.78. The van der Waals surface area contributed by atoms with Gasteiger partial charge < -0.3 is 14.5 Å². The average molecular weight is 391 g/mol. The van der Waals surface area contributed by atoms with Crippen molar-refractivity contribution in [1.29, 1.82) is 0 Å². The second-order valence-corrected chi connectivity index (χ2v) is 8.30. The Balaban J connectivity index is 1.27. The number of rotatable bonds is 4. The largest absolute Gasteiger partial charge is 0.368 e. The molecule has 4 rings (SSSR count). The van der Waals surface area contributed by atoms with Crippen molar-refractivity contribution in [2.45, 2.75) is 58.0 Å². The number of nitrogens with zero attached hydrogens (tertiary/aromatic N) is 4. The molecule has 28 heavy (non-hydrogen) atoms. The third-order valence-corrected chi connectivity index (χ3v) is 6.74. The summed E-state index contributed by atoms with van der Waals surface area (Å²) in [7, 11) is 0. The molecule has 3 fully saturated rings. The molecule has 3 aliphatic heterocycles. The van der Waals surface area contributed by atoms with Gasteiger partial charge in [0.05, 0.1) is 5.69 Å². The van der Waals surface area contributed by atoms with Crippen LogP contribution in [0.1, 0.15) is 51.1 Å². The van der Waals surface area contributed by atoms with E-state index in [4.69, 9.17) is 4.74 Å². The van der Waals surface area contributed by atoms with E-state index < -0.39 is 0 Å². The van der Waals surface area contributed by atoms with Crippen LogP contribution >= 0.6 is 0 Å². The molecule has 0 aliphatic carbocycles. The van der Waals surface area contributed by atoms with E-state index in [2.05, 4.69) is 14.9 Å². The minimum Gasteiger partial charge on any atom is -0.368 e. The molecule has 1 atom stereocenters. The summed E-state index contributed by atoms with van der Waals surface area (Å²) in [6.07, 6.45) is 8.01. The van der Waals surface area contributed by atoms with Gasteiger partial charge in [-0.1, -0.05) is 6.92 Å². The molecule has 1 aromatic rings. The number of aromatic nitrogens is 2. The number of carbonyl (C=O) groups is 1. The quantitative estimate of drug-likeness (QED) is 0.791. The molecule has 3 aliphatic rings. The highest BCUT2D eigenvalue weighted by Crippen LogP contribution is 2.34. The van der Waals surface area contributed by atoms with Gasteiger partial charge in [0.2, 0.25) is 0 Å². The standard InChI is InChI=1S/C21H31FN4O2/c1-2-17-19(22)20(24-14-23-17)25-9-5-15(6-10-25)16-7-11-26(12-8-16)21(27)18-4-3-13-28-18/h14-16,18H,2-13H2,1H3/t18-/m0/s1. The van der Waals surface area contributed by atoms with Crippen LogP contribution in [0.15, 0.2) is 6.33 Å². The molecule has 154 valence electrons. The molecule has 0 saturated carbocycles. The van der Waals surface area contributed by atoms with E-state index in [1.165, 1.54) is 6.33 Å². The maximum Gasteiger partial charge on any atom is 0.251 e. The first kappa shape index (κ1) is 19.6. The van der Waals surface area contributed by atoms with Crippen LogP contribution in [-0.4, -0.2) is 59.7 Å². The van der Waals surface area contributed by atoms with Crippen molar-refractivity contribution >= 4 is 11.7 Å². The molecule has 4 heterocycles. The monoisotopic (exact) mass is 390 g/mol. The molecule has 0 spiro atoms. The zero-order valence-electron chi connectivity index (χ0n) is 16.8. The second-order valence-electron chi connectivity index (χ2n) is 8.30. The summed E-state index contributed by atoms with van der Waals surface area (Å²) < 4.78 is 20.1. The predicted molar refractivity (Wildman–Crippen MR) is 105 cm³/mol. The maximum absolute atomic E-state index is 14.5. The lowest BCUT2D eigenvalue weighted by Crippen LogP contribution is -2.46. The van der Waals surface area contributed by atoms with Crippen LogP contribution < -0.4 is 4.90 Å². The fraction of sp³-hybridized carbons (Fsp3) is 0.762. The van der Waals surface area contributed by atoms with Gasteiger partial charge in [-0.05, 0) is 56.8 Å². The van der Waals surface area contributed by atoms with Crippen molar-refractivity contribution in [3.05, 3.63) is 17.8 Å². The normalized spacial score (nSPS) is 24.7. The van der Waals surface area contributed by atoms with Gasteiger partial charge in [-0.15, -0.1) is 0 Å². The Hall–Kier alpha value is -1.76. The van der Waals surface area contributed by atoms with Gasteiger partial charge in [-0.3, -0.25) is 4.79 Å². The van der Waals surface area contributed by atoms with Gasteiger partial charge in [-0.2, -0.15) is 0 Å². The second kappa shape index (κ2) is 8.72. The first-order valence-electron chi connectivity index (χ1n) is 10.8. The van der Waals surface area contributed by atoms with Crippen molar-refractivity contribution in [2.24, 2.45) is 11.8 Å².